The highest BCUT2D eigenvalue weighted by Crippen LogP contribution is 2.29. The van der Waals surface area contributed by atoms with Crippen molar-refractivity contribution in [1.29, 1.82) is 0 Å². The minimum Gasteiger partial charge on any atom is -0.388 e. The number of hydrogen-bond donors (Lipinski definition) is 2. The maximum Gasteiger partial charge on any atom is 0.0816 e. The molecule has 1 aliphatic heterocycles. The van der Waals surface area contributed by atoms with E-state index in [1.807, 2.05) is 12.3 Å². The van der Waals surface area contributed by atoms with Crippen LogP contribution in [0.5, 0.6) is 0 Å². The quantitative estimate of drug-likeness (QED) is 0.702. The molecule has 1 unspecified atom stereocenters. The fourth-order valence-electron chi connectivity index (χ4n) is 2.41. The third kappa shape index (κ3) is 2.18. The molecule has 1 heterocycles. The van der Waals surface area contributed by atoms with Gasteiger partial charge in [0.2, 0.25) is 0 Å². The summed E-state index contributed by atoms with van der Waals surface area (Å²) >= 11 is 0. The summed E-state index contributed by atoms with van der Waals surface area (Å²) in [5, 5.41) is 13.3. The van der Waals surface area contributed by atoms with Gasteiger partial charge in [-0.1, -0.05) is 25.3 Å². The third-order valence-corrected chi connectivity index (χ3v) is 3.29. The highest BCUT2D eigenvalue weighted by atomic mass is 16.3. The fraction of sp³-hybridized carbons (Fsp3) is 0.667. The molecule has 2 rings (SSSR count). The molecule has 0 bridgehead atoms. The van der Waals surface area contributed by atoms with Gasteiger partial charge in [-0.05, 0) is 36.6 Å². The SMILES string of the molecule is OC(C1=CCNC=C1)C1CCCCC1. The molecule has 1 aliphatic carbocycles. The van der Waals surface area contributed by atoms with E-state index in [-0.39, 0.29) is 6.10 Å². The number of dihydropyridines is 1. The molecule has 2 nitrogen and oxygen atoms in total. The largest absolute Gasteiger partial charge is 0.388 e. The molecule has 2 N–H and O–H groups in total. The lowest BCUT2D eigenvalue weighted by Crippen LogP contribution is -2.26. The molecular formula is C12H19NO. The minimum absolute atomic E-state index is 0.228. The van der Waals surface area contributed by atoms with E-state index in [0.717, 1.165) is 12.1 Å². The molecule has 0 amide bonds. The maximum atomic E-state index is 10.2. The Balaban J connectivity index is 1.95. The Morgan fingerprint density at radius 3 is 2.71 bits per heavy atom. The van der Waals surface area contributed by atoms with E-state index in [4.69, 9.17) is 0 Å². The lowest BCUT2D eigenvalue weighted by atomic mass is 9.82. The van der Waals surface area contributed by atoms with Crippen molar-refractivity contribution in [2.24, 2.45) is 5.92 Å². The van der Waals surface area contributed by atoms with Crippen LogP contribution < -0.4 is 5.32 Å². The molecule has 1 fully saturated rings. The zero-order valence-electron chi connectivity index (χ0n) is 8.58. The van der Waals surface area contributed by atoms with Gasteiger partial charge in [0.05, 0.1) is 6.10 Å². The van der Waals surface area contributed by atoms with E-state index >= 15 is 0 Å². The van der Waals surface area contributed by atoms with Crippen LogP contribution >= 0.6 is 0 Å². The summed E-state index contributed by atoms with van der Waals surface area (Å²) in [6, 6.07) is 0. The van der Waals surface area contributed by atoms with Crippen LogP contribution in [0.3, 0.4) is 0 Å². The second-order valence-electron chi connectivity index (χ2n) is 4.29. The summed E-state index contributed by atoms with van der Waals surface area (Å²) in [4.78, 5) is 0. The number of aliphatic hydroxyl groups excluding tert-OH is 1. The molecule has 0 saturated heterocycles. The summed E-state index contributed by atoms with van der Waals surface area (Å²) in [7, 11) is 0. The predicted octanol–water partition coefficient (Wildman–Crippen LogP) is 1.97. The first-order valence-electron chi connectivity index (χ1n) is 5.66. The zero-order chi connectivity index (χ0) is 9.80. The minimum atomic E-state index is -0.228. The van der Waals surface area contributed by atoms with Gasteiger partial charge in [-0.15, -0.1) is 0 Å². The van der Waals surface area contributed by atoms with Crippen LogP contribution in [0.1, 0.15) is 32.1 Å². The first kappa shape index (κ1) is 9.78. The van der Waals surface area contributed by atoms with Crippen LogP contribution in [0.25, 0.3) is 0 Å². The van der Waals surface area contributed by atoms with E-state index in [0.29, 0.717) is 5.92 Å². The van der Waals surface area contributed by atoms with Crippen LogP contribution in [0.2, 0.25) is 0 Å². The van der Waals surface area contributed by atoms with Crippen LogP contribution in [-0.2, 0) is 0 Å². The van der Waals surface area contributed by atoms with Gasteiger partial charge < -0.3 is 10.4 Å². The molecule has 0 radical (unpaired) electrons. The highest BCUT2D eigenvalue weighted by molar-refractivity contribution is 5.26. The van der Waals surface area contributed by atoms with Crippen molar-refractivity contribution >= 4 is 0 Å². The molecule has 0 aromatic carbocycles. The Morgan fingerprint density at radius 1 is 1.29 bits per heavy atom. The molecule has 0 spiro atoms. The van der Waals surface area contributed by atoms with Gasteiger partial charge in [0.1, 0.15) is 0 Å². The van der Waals surface area contributed by atoms with Gasteiger partial charge in [-0.25, -0.2) is 0 Å². The molecule has 0 aromatic heterocycles. The summed E-state index contributed by atoms with van der Waals surface area (Å²) in [5.41, 5.74) is 1.11. The van der Waals surface area contributed by atoms with Crippen LogP contribution in [0.4, 0.5) is 0 Å². The van der Waals surface area contributed by atoms with E-state index in [2.05, 4.69) is 11.4 Å². The summed E-state index contributed by atoms with van der Waals surface area (Å²) in [6.45, 7) is 0.857. The van der Waals surface area contributed by atoms with Crippen LogP contribution in [0, 0.1) is 5.92 Å². The topological polar surface area (TPSA) is 32.3 Å². The monoisotopic (exact) mass is 193 g/mol. The number of nitrogens with one attached hydrogen (secondary N) is 1. The van der Waals surface area contributed by atoms with Gasteiger partial charge in [0.15, 0.2) is 0 Å². The van der Waals surface area contributed by atoms with E-state index < -0.39 is 0 Å². The van der Waals surface area contributed by atoms with Crippen molar-refractivity contribution < 1.29 is 5.11 Å². The Morgan fingerprint density at radius 2 is 2.07 bits per heavy atom. The average molecular weight is 193 g/mol. The van der Waals surface area contributed by atoms with Crippen LogP contribution in [-0.4, -0.2) is 17.8 Å². The Kier molecular flexibility index (Phi) is 3.25. The molecule has 2 aliphatic rings. The molecule has 1 saturated carbocycles. The molecular weight excluding hydrogens is 174 g/mol. The van der Waals surface area contributed by atoms with Crippen molar-refractivity contribution in [3.63, 3.8) is 0 Å². The summed E-state index contributed by atoms with van der Waals surface area (Å²) in [5.74, 6) is 0.498. The van der Waals surface area contributed by atoms with E-state index in [1.54, 1.807) is 0 Å². The van der Waals surface area contributed by atoms with Crippen molar-refractivity contribution in [2.75, 3.05) is 6.54 Å². The number of aliphatic hydroxyl groups is 1. The van der Waals surface area contributed by atoms with Crippen molar-refractivity contribution in [3.8, 4) is 0 Å². The first-order chi connectivity index (χ1) is 6.88. The van der Waals surface area contributed by atoms with Crippen molar-refractivity contribution in [2.45, 2.75) is 38.2 Å². The maximum absolute atomic E-state index is 10.2. The normalized spacial score (nSPS) is 25.4. The number of rotatable bonds is 2. The van der Waals surface area contributed by atoms with Gasteiger partial charge >= 0.3 is 0 Å². The Labute approximate surface area is 85.7 Å². The second kappa shape index (κ2) is 4.65. The summed E-state index contributed by atoms with van der Waals surface area (Å²) in [6.07, 6.45) is 12.1. The third-order valence-electron chi connectivity index (χ3n) is 3.29. The number of hydrogen-bond acceptors (Lipinski definition) is 2. The van der Waals surface area contributed by atoms with Gasteiger partial charge in [0.25, 0.3) is 0 Å². The predicted molar refractivity (Wildman–Crippen MR) is 57.8 cm³/mol. The second-order valence-corrected chi connectivity index (χ2v) is 4.29. The lowest BCUT2D eigenvalue weighted by molar-refractivity contribution is 0.117. The Bertz CT molecular complexity index is 239. The zero-order valence-corrected chi connectivity index (χ0v) is 8.58. The summed E-state index contributed by atoms with van der Waals surface area (Å²) < 4.78 is 0. The average Bonchev–Trinajstić information content (AvgIpc) is 2.30. The first-order valence-corrected chi connectivity index (χ1v) is 5.66. The Hall–Kier alpha value is -0.760. The lowest BCUT2D eigenvalue weighted by Gasteiger charge is -2.28. The van der Waals surface area contributed by atoms with Gasteiger partial charge in [-0.3, -0.25) is 0 Å². The smallest absolute Gasteiger partial charge is 0.0816 e. The van der Waals surface area contributed by atoms with E-state index in [1.165, 1.54) is 32.1 Å². The molecule has 2 heteroatoms. The van der Waals surface area contributed by atoms with E-state index in [9.17, 15) is 5.11 Å². The van der Waals surface area contributed by atoms with Crippen molar-refractivity contribution in [3.05, 3.63) is 23.9 Å². The standard InChI is InChI=1S/C12H19NO/c14-12(10-4-2-1-3-5-10)11-6-8-13-9-7-11/h6-8,10,12-14H,1-5,9H2. The van der Waals surface area contributed by atoms with Crippen molar-refractivity contribution in [1.82, 2.24) is 5.32 Å². The van der Waals surface area contributed by atoms with Gasteiger partial charge in [-0.2, -0.15) is 0 Å². The molecule has 0 aromatic rings. The van der Waals surface area contributed by atoms with Crippen LogP contribution in [0.15, 0.2) is 23.9 Å². The van der Waals surface area contributed by atoms with Gasteiger partial charge in [0, 0.05) is 6.54 Å². The fourth-order valence-corrected chi connectivity index (χ4v) is 2.41. The molecule has 1 atom stereocenters. The highest BCUT2D eigenvalue weighted by Gasteiger charge is 2.23. The molecule has 14 heavy (non-hydrogen) atoms. The molecule has 78 valence electrons.